The van der Waals surface area contributed by atoms with Crippen molar-refractivity contribution in [2.45, 2.75) is 484 Å². The lowest BCUT2D eigenvalue weighted by Gasteiger charge is -1.07. The molecular formula is C69H233+. The van der Waals surface area contributed by atoms with Gasteiger partial charge in [-0.05, 0) is 0 Å². The Labute approximate surface area is 489 Å². The summed E-state index contributed by atoms with van der Waals surface area (Å²) < 4.78 is 0. The van der Waals surface area contributed by atoms with Gasteiger partial charge in [-0.3, -0.25) is 0 Å². The summed E-state index contributed by atoms with van der Waals surface area (Å²) in [5.41, 5.74) is 0. The van der Waals surface area contributed by atoms with Gasteiger partial charge in [0.2, 0.25) is 0 Å². The van der Waals surface area contributed by atoms with E-state index in [0.717, 1.165) is 0 Å². The van der Waals surface area contributed by atoms with E-state index < -0.39 is 0 Å². The summed E-state index contributed by atoms with van der Waals surface area (Å²) in [6.07, 6.45) is 0. The van der Waals surface area contributed by atoms with Crippen molar-refractivity contribution in [3.8, 4) is 0 Å². The summed E-state index contributed by atoms with van der Waals surface area (Å²) in [5.74, 6) is 0. The number of hydrogen-bond acceptors (Lipinski definition) is 0. The molecule has 0 unspecified atom stereocenters. The SMILES string of the molecule is C.C.C.C.C.C.C.C.C.C.C.C.C.C.C.C.C.C.C.C.C.C.C.C.C.C.CC.CC.CC.CC.CC.CC.CC.CC.CC.CC.CC.CC.CC.CC.CC.CC.CC.CC.CC.CC.CC.[CH3+]. The Morgan fingerprint density at radius 1 is 0.0580 bits per heavy atom. The van der Waals surface area contributed by atoms with E-state index in [0.29, 0.717) is 0 Å². The van der Waals surface area contributed by atoms with E-state index in [4.69, 9.17) is 0 Å². The standard InChI is InChI=1S/21C2H6.26CH4.CH3/c21*1-2;;;;;;;;;;;;;;;;;;;;;;;;;;;/h21*1-2H3;26*1H4;1H3/q;;;;;;;;;;;;;;;;;;;;;;;;;;;;;;;;;;;;;;;;;;;;;;;+1. The second-order valence-corrected chi connectivity index (χ2v) is 0. The second-order valence-electron chi connectivity index (χ2n) is 0. The van der Waals surface area contributed by atoms with Crippen molar-refractivity contribution in [1.29, 1.82) is 0 Å². The minimum atomic E-state index is 0. The zero-order chi connectivity index (χ0) is 42.0. The fraction of sp³-hybridized carbons (Fsp3) is 0.986. The van der Waals surface area contributed by atoms with Crippen LogP contribution < -0.4 is 0 Å². The summed E-state index contributed by atoms with van der Waals surface area (Å²) in [5, 5.41) is 0. The quantitative estimate of drug-likeness (QED) is 0.212. The smallest absolute Gasteiger partial charge is 0.0467 e. The molecule has 69 heavy (non-hydrogen) atoms. The molecule has 0 atom stereocenters. The Morgan fingerprint density at radius 2 is 0.0580 bits per heavy atom. The van der Waals surface area contributed by atoms with Crippen LogP contribution in [0.5, 0.6) is 0 Å². The molecular weight excluding hydrogens is 829 g/mol. The number of hydrogen-bond donors (Lipinski definition) is 0. The molecule has 0 radical (unpaired) electrons. The second kappa shape index (κ2) is 18000000. The highest BCUT2D eigenvalue weighted by Gasteiger charge is 0.973. The highest BCUT2D eigenvalue weighted by molar-refractivity contribution is 3.54. The van der Waals surface area contributed by atoms with Crippen LogP contribution in [0.25, 0.3) is 0 Å². The van der Waals surface area contributed by atoms with E-state index >= 15 is 0 Å². The molecule has 0 aliphatic rings. The van der Waals surface area contributed by atoms with Crippen molar-refractivity contribution in [1.82, 2.24) is 0 Å². The summed E-state index contributed by atoms with van der Waals surface area (Å²) in [6, 6.07) is 0. The summed E-state index contributed by atoms with van der Waals surface area (Å²) in [6.45, 7) is 84.0. The van der Waals surface area contributed by atoms with E-state index in [1.165, 1.54) is 0 Å². The molecule has 0 saturated heterocycles. The van der Waals surface area contributed by atoms with Crippen LogP contribution in [0, 0.1) is 7.43 Å². The van der Waals surface area contributed by atoms with Crippen LogP contribution in [0.4, 0.5) is 0 Å². The lowest BCUT2D eigenvalue weighted by molar-refractivity contribution is 1.50. The molecule has 0 rings (SSSR count). The largest absolute Gasteiger partial charge is 0.0776 e. The molecule has 0 aromatic heterocycles. The van der Waals surface area contributed by atoms with Crippen LogP contribution in [0.15, 0.2) is 0 Å². The first-order chi connectivity index (χ1) is 21.0. The van der Waals surface area contributed by atoms with Crippen molar-refractivity contribution < 1.29 is 0 Å². The average Bonchev–Trinajstić information content (AvgIpc) is 3.24. The topological polar surface area (TPSA) is 0 Å². The van der Waals surface area contributed by atoms with Gasteiger partial charge in [-0.15, -0.1) is 0 Å². The van der Waals surface area contributed by atoms with Crippen LogP contribution in [0.1, 0.15) is 484 Å². The highest BCUT2D eigenvalue weighted by Crippen LogP contribution is 1.19. The lowest BCUT2D eigenvalue weighted by atomic mass is 11.0. The Hall–Kier alpha value is -0.130. The Kier molecular flexibility index (Phi) is 190000000. The molecule has 0 heteroatoms. The normalized spacial score (nSPS) is 1.83. The maximum atomic E-state index is 2.00. The molecule has 0 saturated carbocycles. The minimum Gasteiger partial charge on any atom is -0.0776 e. The molecule has 0 aromatic carbocycles. The fourth-order valence-corrected chi connectivity index (χ4v) is 0. The third kappa shape index (κ3) is 17400000. The van der Waals surface area contributed by atoms with Gasteiger partial charge in [0.25, 0.3) is 0 Å². The van der Waals surface area contributed by atoms with Gasteiger partial charge in [0.05, 0.1) is 0 Å². The molecule has 0 aromatic rings. The Balaban J connectivity index is -0.00000000143. The van der Waals surface area contributed by atoms with Gasteiger partial charge < -0.3 is 0 Å². The first-order valence-electron chi connectivity index (χ1n) is 21.0. The molecule has 0 aliphatic carbocycles. The van der Waals surface area contributed by atoms with Gasteiger partial charge >= 0.3 is 0 Å². The van der Waals surface area contributed by atoms with Crippen LogP contribution in [0.2, 0.25) is 0 Å². The average molecular weight is 1060 g/mol. The zero-order valence-corrected chi connectivity index (χ0v) is 43.0. The van der Waals surface area contributed by atoms with Crippen LogP contribution in [-0.4, -0.2) is 0 Å². The van der Waals surface area contributed by atoms with Gasteiger partial charge in [0.15, 0.2) is 0 Å². The molecule has 0 fully saturated rings. The van der Waals surface area contributed by atoms with E-state index in [1.54, 1.807) is 0 Å². The van der Waals surface area contributed by atoms with Crippen molar-refractivity contribution >= 4 is 0 Å². The van der Waals surface area contributed by atoms with E-state index in [9.17, 15) is 0 Å². The summed E-state index contributed by atoms with van der Waals surface area (Å²) >= 11 is 0. The van der Waals surface area contributed by atoms with E-state index in [2.05, 4.69) is 0 Å². The predicted molar refractivity (Wildman–Crippen MR) is 420 cm³/mol. The van der Waals surface area contributed by atoms with E-state index in [1.807, 2.05) is 291 Å². The van der Waals surface area contributed by atoms with Gasteiger partial charge in [-0.25, -0.2) is 0 Å². The van der Waals surface area contributed by atoms with Crippen LogP contribution >= 0.6 is 0 Å². The van der Waals surface area contributed by atoms with Crippen molar-refractivity contribution in [3.63, 3.8) is 0 Å². The van der Waals surface area contributed by atoms with Crippen molar-refractivity contribution in [2.75, 3.05) is 0 Å². The molecule has 508 valence electrons. The highest BCUT2D eigenvalue weighted by atomic mass is 13.1. The summed E-state index contributed by atoms with van der Waals surface area (Å²) in [7, 11) is 0. The minimum absolute atomic E-state index is 0. The van der Waals surface area contributed by atoms with Gasteiger partial charge in [-0.2, -0.15) is 0 Å². The molecule has 0 heterocycles. The van der Waals surface area contributed by atoms with Gasteiger partial charge in [0, 0.05) is 7.43 Å². The molecule has 0 nitrogen and oxygen atoms in total. The fourth-order valence-electron chi connectivity index (χ4n) is 0. The maximum Gasteiger partial charge on any atom is 0.0467 e. The van der Waals surface area contributed by atoms with Gasteiger partial charge in [0.1, 0.15) is 0 Å². The zero-order valence-electron chi connectivity index (χ0n) is 43.0. The molecule has 0 aliphatic heterocycles. The first kappa shape index (κ1) is 728. The Morgan fingerprint density at radius 3 is 0.0580 bits per heavy atom. The predicted octanol–water partition coefficient (Wildman–Crippen LogP) is 38.5. The third-order valence-corrected chi connectivity index (χ3v) is 0. The monoisotopic (exact) mass is 1060 g/mol. The van der Waals surface area contributed by atoms with Crippen molar-refractivity contribution in [2.24, 2.45) is 0 Å². The van der Waals surface area contributed by atoms with Gasteiger partial charge in [-0.1, -0.05) is 484 Å². The van der Waals surface area contributed by atoms with E-state index in [-0.39, 0.29) is 201 Å². The molecule has 0 amide bonds. The van der Waals surface area contributed by atoms with Crippen LogP contribution in [0.3, 0.4) is 0 Å². The maximum absolute atomic E-state index is 2.00. The Bertz CT molecular complexity index is 0. The first-order valence-corrected chi connectivity index (χ1v) is 21.0. The third-order valence-electron chi connectivity index (χ3n) is 0. The number of rotatable bonds is 0. The molecule has 0 N–H and O–H groups in total. The van der Waals surface area contributed by atoms with Crippen LogP contribution in [-0.2, 0) is 0 Å². The van der Waals surface area contributed by atoms with Crippen molar-refractivity contribution in [3.05, 3.63) is 7.43 Å². The molecule has 0 bridgehead atoms. The summed E-state index contributed by atoms with van der Waals surface area (Å²) in [4.78, 5) is 0. The lowest BCUT2D eigenvalue weighted by Crippen LogP contribution is -0.856. The molecule has 0 spiro atoms.